The fourth-order valence-electron chi connectivity index (χ4n) is 6.31. The summed E-state index contributed by atoms with van der Waals surface area (Å²) in [4.78, 5) is 53.0. The van der Waals surface area contributed by atoms with Gasteiger partial charge in [0.2, 0.25) is 0 Å². The molecule has 2 aliphatic carbocycles. The van der Waals surface area contributed by atoms with E-state index in [0.29, 0.717) is 76.9 Å². The zero-order valence-corrected chi connectivity index (χ0v) is 29.4. The highest BCUT2D eigenvalue weighted by Crippen LogP contribution is 2.59. The highest BCUT2D eigenvalue weighted by Gasteiger charge is 2.36. The Morgan fingerprint density at radius 2 is 0.922 bits per heavy atom. The maximum atomic E-state index is 13.4. The van der Waals surface area contributed by atoms with Gasteiger partial charge >= 0.3 is 23.9 Å². The summed E-state index contributed by atoms with van der Waals surface area (Å²) in [6.45, 7) is 1.95. The Kier molecular flexibility index (Phi) is 11.4. The van der Waals surface area contributed by atoms with E-state index in [1.54, 1.807) is 48.5 Å². The number of carbonyl (C=O) groups excluding carboxylic acids is 4. The Morgan fingerprint density at radius 1 is 0.549 bits per heavy atom. The van der Waals surface area contributed by atoms with Crippen LogP contribution in [0, 0.1) is 53.3 Å². The van der Waals surface area contributed by atoms with Crippen LogP contribution in [0.1, 0.15) is 56.9 Å². The molecular formula is C39H34N2O8S2. The number of hydrogen-bond acceptors (Lipinski definition) is 12. The van der Waals surface area contributed by atoms with Crippen LogP contribution in [0.25, 0.3) is 0 Å². The van der Waals surface area contributed by atoms with Crippen LogP contribution in [0.4, 0.5) is 0 Å². The van der Waals surface area contributed by atoms with Crippen LogP contribution < -0.4 is 18.9 Å². The van der Waals surface area contributed by atoms with Gasteiger partial charge in [-0.05, 0) is 94.7 Å². The lowest BCUT2D eigenvalue weighted by Crippen LogP contribution is -2.30. The lowest BCUT2D eigenvalue weighted by molar-refractivity contribution is -0.145. The van der Waals surface area contributed by atoms with E-state index in [-0.39, 0.29) is 40.8 Å². The average Bonchev–Trinajstić information content (AvgIpc) is 3.60. The van der Waals surface area contributed by atoms with Gasteiger partial charge in [0.15, 0.2) is 0 Å². The van der Waals surface area contributed by atoms with Gasteiger partial charge in [-0.25, -0.2) is 0 Å². The molecule has 0 amide bonds. The number of hydrogen-bond donors (Lipinski definition) is 0. The second-order valence-corrected chi connectivity index (χ2v) is 15.0. The lowest BCUT2D eigenvalue weighted by atomic mass is 9.82. The molecule has 3 aliphatic rings. The number of nitriles is 2. The van der Waals surface area contributed by atoms with Crippen LogP contribution in [0.3, 0.4) is 0 Å². The standard InChI is InChI=1S/C39H34N2O8S2/c1-23-7-17-30(18-8-23)47-36(43)25-11-15-27(16-12-25)38(45)49-32-20-19-31(33-34(32)51-39(50-33)28(21-40)22-41)48-37(44)26-13-9-24(10-14-26)35(42)46-29-5-3-2-4-6-29/h2-8,17-20,24-27H,9-16H2,1H3. The highest BCUT2D eigenvalue weighted by atomic mass is 32.2. The Hall–Kier alpha value is -5.04. The molecule has 10 nitrogen and oxygen atoms in total. The van der Waals surface area contributed by atoms with Crippen LogP contribution >= 0.6 is 23.5 Å². The van der Waals surface area contributed by atoms with E-state index in [0.717, 1.165) is 29.1 Å². The molecule has 1 aliphatic heterocycles. The van der Waals surface area contributed by atoms with E-state index in [4.69, 9.17) is 18.9 Å². The van der Waals surface area contributed by atoms with Crippen LogP contribution in [0.15, 0.2) is 86.3 Å². The van der Waals surface area contributed by atoms with Gasteiger partial charge in [-0.1, -0.05) is 59.4 Å². The maximum absolute atomic E-state index is 13.4. The Labute approximate surface area is 304 Å². The summed E-state index contributed by atoms with van der Waals surface area (Å²) in [5, 5.41) is 19.1. The molecule has 0 aromatic heterocycles. The SMILES string of the molecule is Cc1ccc(OC(=O)C2CCC(C(=O)Oc3ccc(OC(=O)C4CCC(C(=O)Oc5ccccc5)CC4)c4c3SC(=C(C#N)C#N)S4)CC2)cc1. The van der Waals surface area contributed by atoms with E-state index in [2.05, 4.69) is 0 Å². The lowest BCUT2D eigenvalue weighted by Gasteiger charge is -2.26. The monoisotopic (exact) mass is 722 g/mol. The number of thioether (sulfide) groups is 2. The fourth-order valence-corrected chi connectivity index (χ4v) is 8.79. The van der Waals surface area contributed by atoms with Crippen LogP contribution in [-0.2, 0) is 19.2 Å². The molecule has 1 heterocycles. The summed E-state index contributed by atoms with van der Waals surface area (Å²) in [6, 6.07) is 23.0. The smallest absolute Gasteiger partial charge is 0.314 e. The molecule has 6 rings (SSSR count). The van der Waals surface area contributed by atoms with Crippen LogP contribution in [0.2, 0.25) is 0 Å². The van der Waals surface area contributed by atoms with Gasteiger partial charge in [0.25, 0.3) is 0 Å². The summed E-state index contributed by atoms with van der Waals surface area (Å²) in [5.41, 5.74) is 0.959. The zero-order chi connectivity index (χ0) is 35.9. The number of fused-ring (bicyclic) bond motifs is 1. The number of esters is 4. The van der Waals surface area contributed by atoms with Gasteiger partial charge < -0.3 is 18.9 Å². The summed E-state index contributed by atoms with van der Waals surface area (Å²) in [7, 11) is 0. The van der Waals surface area contributed by atoms with Gasteiger partial charge in [-0.15, -0.1) is 0 Å². The second kappa shape index (κ2) is 16.3. The van der Waals surface area contributed by atoms with Crippen molar-refractivity contribution >= 4 is 47.4 Å². The predicted molar refractivity (Wildman–Crippen MR) is 187 cm³/mol. The van der Waals surface area contributed by atoms with Crippen molar-refractivity contribution in [3.05, 3.63) is 82.1 Å². The molecule has 0 bridgehead atoms. The Bertz CT molecular complexity index is 1920. The predicted octanol–water partition coefficient (Wildman–Crippen LogP) is 8.09. The maximum Gasteiger partial charge on any atom is 0.314 e. The number of rotatable bonds is 8. The molecule has 3 aromatic carbocycles. The highest BCUT2D eigenvalue weighted by molar-refractivity contribution is 8.24. The molecule has 0 radical (unpaired) electrons. The van der Waals surface area contributed by atoms with Crippen molar-refractivity contribution in [3.63, 3.8) is 0 Å². The number of allylic oxidation sites excluding steroid dienone is 1. The molecule has 0 saturated heterocycles. The first-order chi connectivity index (χ1) is 24.7. The molecule has 12 heteroatoms. The largest absolute Gasteiger partial charge is 0.426 e. The molecule has 0 atom stereocenters. The normalized spacial score (nSPS) is 20.9. The number of aryl methyl sites for hydroxylation is 1. The molecule has 2 fully saturated rings. The van der Waals surface area contributed by atoms with Crippen molar-refractivity contribution < 1.29 is 38.1 Å². The first-order valence-electron chi connectivity index (χ1n) is 16.8. The first-order valence-corrected chi connectivity index (χ1v) is 18.4. The third kappa shape index (κ3) is 8.65. The van der Waals surface area contributed by atoms with E-state index < -0.39 is 23.8 Å². The van der Waals surface area contributed by atoms with Crippen LogP contribution in [0.5, 0.6) is 23.0 Å². The van der Waals surface area contributed by atoms with Crippen molar-refractivity contribution in [2.75, 3.05) is 0 Å². The van der Waals surface area contributed by atoms with Crippen molar-refractivity contribution in [2.45, 2.75) is 68.1 Å². The molecule has 260 valence electrons. The van der Waals surface area contributed by atoms with Gasteiger partial charge in [-0.2, -0.15) is 10.5 Å². The van der Waals surface area contributed by atoms with E-state index in [1.165, 1.54) is 0 Å². The quantitative estimate of drug-likeness (QED) is 0.125. The molecule has 0 spiro atoms. The molecule has 3 aromatic rings. The van der Waals surface area contributed by atoms with E-state index in [9.17, 15) is 29.7 Å². The van der Waals surface area contributed by atoms with Crippen molar-refractivity contribution in [2.24, 2.45) is 23.7 Å². The molecular weight excluding hydrogens is 689 g/mol. The van der Waals surface area contributed by atoms with Gasteiger partial charge in [-0.3, -0.25) is 19.2 Å². The summed E-state index contributed by atoms with van der Waals surface area (Å²) < 4.78 is 23.2. The number of para-hydroxylation sites is 1. The zero-order valence-electron chi connectivity index (χ0n) is 27.8. The van der Waals surface area contributed by atoms with E-state index in [1.807, 2.05) is 37.3 Å². The number of carbonyl (C=O) groups is 4. The molecule has 0 N–H and O–H groups in total. The number of ether oxygens (including phenoxy) is 4. The second-order valence-electron chi connectivity index (χ2n) is 12.7. The van der Waals surface area contributed by atoms with Gasteiger partial charge in [0.05, 0.1) is 37.7 Å². The molecule has 51 heavy (non-hydrogen) atoms. The van der Waals surface area contributed by atoms with Crippen molar-refractivity contribution in [1.82, 2.24) is 0 Å². The van der Waals surface area contributed by atoms with E-state index >= 15 is 0 Å². The topological polar surface area (TPSA) is 153 Å². The summed E-state index contributed by atoms with van der Waals surface area (Å²) in [5.74, 6) is -1.57. The van der Waals surface area contributed by atoms with Crippen molar-refractivity contribution in [1.29, 1.82) is 10.5 Å². The van der Waals surface area contributed by atoms with Gasteiger partial charge in [0.1, 0.15) is 40.7 Å². The average molecular weight is 723 g/mol. The fraction of sp³-hybridized carbons (Fsp3) is 0.333. The third-order valence-electron chi connectivity index (χ3n) is 9.27. The number of benzene rings is 3. The Morgan fingerprint density at radius 3 is 1.31 bits per heavy atom. The summed E-state index contributed by atoms with van der Waals surface area (Å²) >= 11 is 2.22. The van der Waals surface area contributed by atoms with Gasteiger partial charge in [0, 0.05) is 0 Å². The molecule has 0 unspecified atom stereocenters. The van der Waals surface area contributed by atoms with Crippen LogP contribution in [-0.4, -0.2) is 23.9 Å². The Balaban J connectivity index is 1.08. The minimum Gasteiger partial charge on any atom is -0.426 e. The minimum absolute atomic E-state index is 0.104. The molecule has 2 saturated carbocycles. The summed E-state index contributed by atoms with van der Waals surface area (Å²) in [6.07, 6.45) is 3.76. The minimum atomic E-state index is -0.446. The first kappa shape index (κ1) is 35.8. The number of nitrogens with zero attached hydrogens (tertiary/aromatic N) is 2. The van der Waals surface area contributed by atoms with Crippen molar-refractivity contribution in [3.8, 4) is 35.1 Å². The third-order valence-corrected chi connectivity index (χ3v) is 11.9.